The molecule has 1 aliphatic rings. The molecule has 1 aromatic carbocycles. The fraction of sp³-hybridized carbons (Fsp3) is 0.400. The second kappa shape index (κ2) is 3.72. The van der Waals surface area contributed by atoms with Gasteiger partial charge in [0, 0.05) is 4.47 Å². The molecule has 0 N–H and O–H groups in total. The van der Waals surface area contributed by atoms with Crippen molar-refractivity contribution >= 4 is 27.5 Å². The van der Waals surface area contributed by atoms with E-state index in [4.69, 9.17) is 21.1 Å². The predicted molar refractivity (Wildman–Crippen MR) is 59.0 cm³/mol. The minimum Gasteiger partial charge on any atom is -0.490 e. The van der Waals surface area contributed by atoms with Crippen molar-refractivity contribution in [1.29, 1.82) is 0 Å². The van der Waals surface area contributed by atoms with Crippen molar-refractivity contribution < 1.29 is 9.47 Å². The van der Waals surface area contributed by atoms with Gasteiger partial charge in [-0.2, -0.15) is 0 Å². The molecule has 1 aliphatic heterocycles. The van der Waals surface area contributed by atoms with Crippen molar-refractivity contribution in [2.75, 3.05) is 13.2 Å². The maximum Gasteiger partial charge on any atom is 0.123 e. The minimum atomic E-state index is -0.0838. The highest BCUT2D eigenvalue weighted by molar-refractivity contribution is 9.10. The molecule has 0 spiro atoms. The third-order valence-electron chi connectivity index (χ3n) is 2.07. The van der Waals surface area contributed by atoms with Crippen LogP contribution < -0.4 is 4.74 Å². The van der Waals surface area contributed by atoms with Crippen LogP contribution in [0.25, 0.3) is 0 Å². The topological polar surface area (TPSA) is 21.8 Å². The van der Waals surface area contributed by atoms with Gasteiger partial charge in [-0.3, -0.25) is 0 Å². The fourth-order valence-electron chi connectivity index (χ4n) is 1.01. The van der Waals surface area contributed by atoms with Crippen molar-refractivity contribution in [3.63, 3.8) is 0 Å². The van der Waals surface area contributed by atoms with Crippen LogP contribution in [0.15, 0.2) is 22.7 Å². The van der Waals surface area contributed by atoms with Gasteiger partial charge in [0.25, 0.3) is 0 Å². The molecule has 1 aromatic rings. The van der Waals surface area contributed by atoms with E-state index in [2.05, 4.69) is 15.9 Å². The summed E-state index contributed by atoms with van der Waals surface area (Å²) in [6, 6.07) is 5.53. The first kappa shape index (κ1) is 10.3. The Balaban J connectivity index is 1.99. The van der Waals surface area contributed by atoms with Gasteiger partial charge in [-0.1, -0.05) is 11.6 Å². The summed E-state index contributed by atoms with van der Waals surface area (Å²) in [7, 11) is 0. The number of ether oxygens (including phenoxy) is 2. The average Bonchev–Trinajstić information content (AvgIpc) is 2.87. The maximum absolute atomic E-state index is 5.92. The van der Waals surface area contributed by atoms with Gasteiger partial charge >= 0.3 is 0 Å². The van der Waals surface area contributed by atoms with E-state index in [1.807, 2.05) is 19.1 Å². The largest absolute Gasteiger partial charge is 0.490 e. The SMILES string of the molecule is CC1(COc2ccc(Br)c(Cl)c2)CO1. The summed E-state index contributed by atoms with van der Waals surface area (Å²) in [4.78, 5) is 0. The Morgan fingerprint density at radius 2 is 2.36 bits per heavy atom. The molecule has 0 bridgehead atoms. The molecule has 1 unspecified atom stereocenters. The molecule has 0 amide bonds. The van der Waals surface area contributed by atoms with Gasteiger partial charge in [0.1, 0.15) is 18.0 Å². The number of halogens is 2. The summed E-state index contributed by atoms with van der Waals surface area (Å²) >= 11 is 9.24. The molecule has 14 heavy (non-hydrogen) atoms. The molecular formula is C10H10BrClO2. The van der Waals surface area contributed by atoms with E-state index in [1.165, 1.54) is 0 Å². The van der Waals surface area contributed by atoms with E-state index in [-0.39, 0.29) is 5.60 Å². The standard InChI is InChI=1S/C10H10BrClO2/c1-10(6-14-10)5-13-7-2-3-8(11)9(12)4-7/h2-4H,5-6H2,1H3. The number of hydrogen-bond donors (Lipinski definition) is 0. The number of rotatable bonds is 3. The maximum atomic E-state index is 5.92. The normalized spacial score (nSPS) is 24.8. The quantitative estimate of drug-likeness (QED) is 0.791. The van der Waals surface area contributed by atoms with Crippen LogP contribution in [0.4, 0.5) is 0 Å². The summed E-state index contributed by atoms with van der Waals surface area (Å²) in [5.41, 5.74) is -0.0838. The number of hydrogen-bond acceptors (Lipinski definition) is 2. The number of epoxide rings is 1. The molecule has 1 heterocycles. The molecule has 1 atom stereocenters. The van der Waals surface area contributed by atoms with Gasteiger partial charge in [-0.25, -0.2) is 0 Å². The molecule has 2 nitrogen and oxygen atoms in total. The van der Waals surface area contributed by atoms with Gasteiger partial charge < -0.3 is 9.47 Å². The van der Waals surface area contributed by atoms with Crippen molar-refractivity contribution in [3.8, 4) is 5.75 Å². The lowest BCUT2D eigenvalue weighted by Gasteiger charge is -2.09. The van der Waals surface area contributed by atoms with Crippen LogP contribution in [0.2, 0.25) is 5.02 Å². The lowest BCUT2D eigenvalue weighted by Crippen LogP contribution is -2.16. The zero-order valence-corrected chi connectivity index (χ0v) is 10.1. The van der Waals surface area contributed by atoms with E-state index < -0.39 is 0 Å². The van der Waals surface area contributed by atoms with Gasteiger partial charge in [0.15, 0.2) is 0 Å². The Morgan fingerprint density at radius 1 is 1.64 bits per heavy atom. The predicted octanol–water partition coefficient (Wildman–Crippen LogP) is 3.27. The number of benzene rings is 1. The Hall–Kier alpha value is -0.250. The van der Waals surface area contributed by atoms with Crippen molar-refractivity contribution in [1.82, 2.24) is 0 Å². The highest BCUT2D eigenvalue weighted by Crippen LogP contribution is 2.30. The summed E-state index contributed by atoms with van der Waals surface area (Å²) in [6.07, 6.45) is 0. The monoisotopic (exact) mass is 276 g/mol. The first-order chi connectivity index (χ1) is 6.59. The molecule has 1 saturated heterocycles. The second-order valence-electron chi connectivity index (χ2n) is 3.60. The average molecular weight is 278 g/mol. The first-order valence-corrected chi connectivity index (χ1v) is 5.48. The summed E-state index contributed by atoms with van der Waals surface area (Å²) < 4.78 is 11.6. The van der Waals surface area contributed by atoms with Crippen LogP contribution in [0.3, 0.4) is 0 Å². The van der Waals surface area contributed by atoms with Crippen molar-refractivity contribution in [3.05, 3.63) is 27.7 Å². The second-order valence-corrected chi connectivity index (χ2v) is 4.86. The van der Waals surface area contributed by atoms with Crippen molar-refractivity contribution in [2.45, 2.75) is 12.5 Å². The van der Waals surface area contributed by atoms with Crippen LogP contribution in [-0.2, 0) is 4.74 Å². The van der Waals surface area contributed by atoms with Crippen LogP contribution in [0, 0.1) is 0 Å². The van der Waals surface area contributed by atoms with E-state index in [1.54, 1.807) is 6.07 Å². The molecule has 0 radical (unpaired) electrons. The van der Waals surface area contributed by atoms with Crippen molar-refractivity contribution in [2.24, 2.45) is 0 Å². The minimum absolute atomic E-state index is 0.0838. The van der Waals surface area contributed by atoms with Gasteiger partial charge in [-0.05, 0) is 41.1 Å². The molecule has 2 rings (SSSR count). The third kappa shape index (κ3) is 2.41. The van der Waals surface area contributed by atoms with E-state index in [0.29, 0.717) is 11.6 Å². The Morgan fingerprint density at radius 3 is 2.93 bits per heavy atom. The molecule has 76 valence electrons. The van der Waals surface area contributed by atoms with Crippen LogP contribution in [-0.4, -0.2) is 18.8 Å². The molecule has 4 heteroatoms. The van der Waals surface area contributed by atoms with Gasteiger partial charge in [0.2, 0.25) is 0 Å². The first-order valence-electron chi connectivity index (χ1n) is 4.31. The molecule has 0 aliphatic carbocycles. The highest BCUT2D eigenvalue weighted by atomic mass is 79.9. The van der Waals surface area contributed by atoms with Gasteiger partial charge in [-0.15, -0.1) is 0 Å². The zero-order valence-electron chi connectivity index (χ0n) is 7.72. The highest BCUT2D eigenvalue weighted by Gasteiger charge is 2.40. The Kier molecular flexibility index (Phi) is 2.73. The smallest absolute Gasteiger partial charge is 0.123 e. The van der Waals surface area contributed by atoms with E-state index in [0.717, 1.165) is 16.8 Å². The van der Waals surface area contributed by atoms with E-state index in [9.17, 15) is 0 Å². The fourth-order valence-corrected chi connectivity index (χ4v) is 1.43. The summed E-state index contributed by atoms with van der Waals surface area (Å²) in [5, 5.41) is 0.657. The van der Waals surface area contributed by atoms with Gasteiger partial charge in [0.05, 0.1) is 11.6 Å². The van der Waals surface area contributed by atoms with E-state index >= 15 is 0 Å². The van der Waals surface area contributed by atoms with Crippen LogP contribution in [0.1, 0.15) is 6.92 Å². The summed E-state index contributed by atoms with van der Waals surface area (Å²) in [5.74, 6) is 0.773. The Labute approximate surface area is 96.3 Å². The Bertz CT molecular complexity index is 350. The molecule has 0 saturated carbocycles. The van der Waals surface area contributed by atoms with Crippen LogP contribution in [0.5, 0.6) is 5.75 Å². The lowest BCUT2D eigenvalue weighted by atomic mass is 10.2. The van der Waals surface area contributed by atoms with Crippen LogP contribution >= 0.6 is 27.5 Å². The summed E-state index contributed by atoms with van der Waals surface area (Å²) in [6.45, 7) is 3.37. The lowest BCUT2D eigenvalue weighted by molar-refractivity contribution is 0.202. The zero-order chi connectivity index (χ0) is 10.2. The molecule has 0 aromatic heterocycles. The molecular weight excluding hydrogens is 267 g/mol. The molecule has 1 fully saturated rings. The third-order valence-corrected chi connectivity index (χ3v) is 3.30.